The lowest BCUT2D eigenvalue weighted by atomic mass is 9.89. The Morgan fingerprint density at radius 3 is 2.39 bits per heavy atom. The lowest BCUT2D eigenvalue weighted by Gasteiger charge is -2.20. The van der Waals surface area contributed by atoms with E-state index in [1.807, 2.05) is 19.9 Å². The molecule has 3 rings (SSSR count). The third-order valence-corrected chi connectivity index (χ3v) is 4.93. The number of esters is 1. The molecule has 1 aliphatic carbocycles. The summed E-state index contributed by atoms with van der Waals surface area (Å²) in [5.41, 5.74) is 3.07. The van der Waals surface area contributed by atoms with Crippen LogP contribution < -0.4 is 5.32 Å². The van der Waals surface area contributed by atoms with Crippen LogP contribution in [0.15, 0.2) is 30.3 Å². The lowest BCUT2D eigenvalue weighted by molar-refractivity contribution is -0.135. The van der Waals surface area contributed by atoms with Crippen LogP contribution >= 0.6 is 0 Å². The first-order valence-corrected chi connectivity index (χ1v) is 9.58. The van der Waals surface area contributed by atoms with Crippen molar-refractivity contribution in [2.75, 3.05) is 6.61 Å². The van der Waals surface area contributed by atoms with Crippen LogP contribution in [0.5, 0.6) is 0 Å². The molecule has 28 heavy (non-hydrogen) atoms. The van der Waals surface area contributed by atoms with E-state index in [1.54, 1.807) is 28.9 Å². The Labute approximate surface area is 164 Å². The number of nitrogens with zero attached hydrogens (tertiary/aromatic N) is 2. The first-order valence-electron chi connectivity index (χ1n) is 9.58. The molecule has 1 heterocycles. The normalized spacial score (nSPS) is 14.5. The van der Waals surface area contributed by atoms with Gasteiger partial charge in [0.2, 0.25) is 5.91 Å². The van der Waals surface area contributed by atoms with Gasteiger partial charge in [-0.25, -0.2) is 9.48 Å². The predicted octanol–water partition coefficient (Wildman–Crippen LogP) is 2.87. The predicted molar refractivity (Wildman–Crippen MR) is 103 cm³/mol. The summed E-state index contributed by atoms with van der Waals surface area (Å²) in [7, 11) is 0. The van der Waals surface area contributed by atoms with Crippen LogP contribution in [0.4, 0.5) is 0 Å². The van der Waals surface area contributed by atoms with Crippen LogP contribution in [-0.2, 0) is 14.3 Å². The highest BCUT2D eigenvalue weighted by atomic mass is 16.5. The second-order valence-corrected chi connectivity index (χ2v) is 7.21. The molecule has 0 saturated heterocycles. The third-order valence-electron chi connectivity index (χ3n) is 4.93. The Hall–Kier alpha value is -2.96. The fraction of sp³-hybridized carbons (Fsp3) is 0.429. The van der Waals surface area contributed by atoms with Crippen molar-refractivity contribution in [2.45, 2.75) is 46.0 Å². The largest absolute Gasteiger partial charge is 0.452 e. The van der Waals surface area contributed by atoms with E-state index in [9.17, 15) is 14.4 Å². The fourth-order valence-electron chi connectivity index (χ4n) is 3.48. The molecule has 7 nitrogen and oxygen atoms in total. The topological polar surface area (TPSA) is 90.3 Å². The number of benzene rings is 1. The van der Waals surface area contributed by atoms with E-state index in [4.69, 9.17) is 4.74 Å². The smallest absolute Gasteiger partial charge is 0.338 e. The highest BCUT2D eigenvalue weighted by Gasteiger charge is 2.23. The summed E-state index contributed by atoms with van der Waals surface area (Å²) >= 11 is 0. The molecule has 1 aromatic carbocycles. The molecule has 1 fully saturated rings. The van der Waals surface area contributed by atoms with Crippen molar-refractivity contribution in [1.82, 2.24) is 15.1 Å². The van der Waals surface area contributed by atoms with Crippen LogP contribution in [-0.4, -0.2) is 34.2 Å². The Bertz CT molecular complexity index is 864. The highest BCUT2D eigenvalue weighted by Crippen LogP contribution is 2.23. The van der Waals surface area contributed by atoms with Crippen LogP contribution in [0.1, 0.15) is 53.8 Å². The van der Waals surface area contributed by atoms with Crippen LogP contribution in [0.25, 0.3) is 5.69 Å². The van der Waals surface area contributed by atoms with Crippen LogP contribution in [0.3, 0.4) is 0 Å². The summed E-state index contributed by atoms with van der Waals surface area (Å²) in [6, 6.07) is 8.75. The van der Waals surface area contributed by atoms with Crippen LogP contribution in [0, 0.1) is 19.8 Å². The number of aromatic nitrogens is 2. The van der Waals surface area contributed by atoms with E-state index < -0.39 is 18.5 Å². The van der Waals surface area contributed by atoms with E-state index in [-0.39, 0.29) is 11.8 Å². The number of nitrogens with one attached hydrogen (secondary N) is 1. The molecule has 0 unspecified atom stereocenters. The van der Waals surface area contributed by atoms with Crippen molar-refractivity contribution in [3.05, 3.63) is 47.3 Å². The third kappa shape index (κ3) is 4.85. The number of carbonyl (C=O) groups is 3. The van der Waals surface area contributed by atoms with E-state index in [1.165, 1.54) is 0 Å². The second-order valence-electron chi connectivity index (χ2n) is 7.21. The summed E-state index contributed by atoms with van der Waals surface area (Å²) in [4.78, 5) is 36.1. The summed E-state index contributed by atoms with van der Waals surface area (Å²) in [6.07, 6.45) is 4.76. The monoisotopic (exact) mass is 383 g/mol. The number of amides is 2. The van der Waals surface area contributed by atoms with Gasteiger partial charge in [0.1, 0.15) is 0 Å². The number of ether oxygens (including phenoxy) is 1. The number of aryl methyl sites for hydroxylation is 2. The van der Waals surface area contributed by atoms with Gasteiger partial charge in [-0.15, -0.1) is 0 Å². The number of hydrogen-bond acceptors (Lipinski definition) is 5. The van der Waals surface area contributed by atoms with E-state index in [0.717, 1.165) is 49.2 Å². The molecular formula is C21H25N3O4. The maximum absolute atomic E-state index is 12.1. The molecule has 0 bridgehead atoms. The van der Waals surface area contributed by atoms with Gasteiger partial charge in [0.25, 0.3) is 5.91 Å². The average Bonchev–Trinajstić information content (AvgIpc) is 3.05. The van der Waals surface area contributed by atoms with Crippen LogP contribution in [0.2, 0.25) is 0 Å². The first-order chi connectivity index (χ1) is 13.4. The fourth-order valence-corrected chi connectivity index (χ4v) is 3.48. The SMILES string of the molecule is Cc1cc(C)n(-c2ccc(C(=O)OCC(=O)NC(=O)C3CCCCC3)cc2)n1. The number of hydrogen-bond donors (Lipinski definition) is 1. The van der Waals surface area contributed by atoms with Gasteiger partial charge in [-0.1, -0.05) is 19.3 Å². The zero-order valence-electron chi connectivity index (χ0n) is 16.2. The molecule has 1 aliphatic rings. The summed E-state index contributed by atoms with van der Waals surface area (Å²) in [6.45, 7) is 3.39. The first kappa shape index (κ1) is 19.8. The summed E-state index contributed by atoms with van der Waals surface area (Å²) < 4.78 is 6.81. The van der Waals surface area contributed by atoms with E-state index in [2.05, 4.69) is 10.4 Å². The van der Waals surface area contributed by atoms with E-state index >= 15 is 0 Å². The standard InChI is InChI=1S/C21H25N3O4/c1-14-12-15(2)24(23-14)18-10-8-17(9-11-18)21(27)28-13-19(25)22-20(26)16-6-4-3-5-7-16/h8-12,16H,3-7,13H2,1-2H3,(H,22,25,26). The zero-order chi connectivity index (χ0) is 20.1. The summed E-state index contributed by atoms with van der Waals surface area (Å²) in [5.74, 6) is -1.59. The van der Waals surface area contributed by atoms with Crippen molar-refractivity contribution >= 4 is 17.8 Å². The van der Waals surface area contributed by atoms with Gasteiger partial charge in [0, 0.05) is 11.6 Å². The molecule has 7 heteroatoms. The molecule has 148 valence electrons. The second kappa shape index (κ2) is 8.82. The quantitative estimate of drug-likeness (QED) is 0.802. The minimum absolute atomic E-state index is 0.115. The Kier molecular flexibility index (Phi) is 6.23. The highest BCUT2D eigenvalue weighted by molar-refractivity contribution is 5.98. The molecule has 0 aliphatic heterocycles. The molecule has 0 spiro atoms. The number of imide groups is 1. The molecule has 0 atom stereocenters. The Balaban J connectivity index is 1.51. The van der Waals surface area contributed by atoms with E-state index in [0.29, 0.717) is 5.56 Å². The molecule has 1 N–H and O–H groups in total. The van der Waals surface area contributed by atoms with Gasteiger partial charge in [-0.2, -0.15) is 5.10 Å². The minimum atomic E-state index is -0.611. The van der Waals surface area contributed by atoms with Crippen molar-refractivity contribution in [3.63, 3.8) is 0 Å². The molecule has 2 amide bonds. The molecule has 2 aromatic rings. The van der Waals surface area contributed by atoms with Crippen molar-refractivity contribution in [3.8, 4) is 5.69 Å². The maximum atomic E-state index is 12.1. The molecular weight excluding hydrogens is 358 g/mol. The Morgan fingerprint density at radius 1 is 1.11 bits per heavy atom. The van der Waals surface area contributed by atoms with Gasteiger partial charge < -0.3 is 4.74 Å². The molecule has 0 radical (unpaired) electrons. The number of carbonyl (C=O) groups excluding carboxylic acids is 3. The van der Waals surface area contributed by atoms with Crippen molar-refractivity contribution < 1.29 is 19.1 Å². The molecule has 1 saturated carbocycles. The van der Waals surface area contributed by atoms with Gasteiger partial charge in [-0.3, -0.25) is 14.9 Å². The van der Waals surface area contributed by atoms with Gasteiger partial charge in [-0.05, 0) is 57.0 Å². The number of rotatable bonds is 5. The Morgan fingerprint density at radius 2 is 1.79 bits per heavy atom. The lowest BCUT2D eigenvalue weighted by Crippen LogP contribution is -2.38. The minimum Gasteiger partial charge on any atom is -0.452 e. The average molecular weight is 383 g/mol. The van der Waals surface area contributed by atoms with Gasteiger partial charge in [0.05, 0.1) is 16.9 Å². The summed E-state index contributed by atoms with van der Waals surface area (Å²) in [5, 5.41) is 6.73. The maximum Gasteiger partial charge on any atom is 0.338 e. The van der Waals surface area contributed by atoms with Gasteiger partial charge in [0.15, 0.2) is 6.61 Å². The van der Waals surface area contributed by atoms with Gasteiger partial charge >= 0.3 is 5.97 Å². The van der Waals surface area contributed by atoms with Crippen molar-refractivity contribution in [1.29, 1.82) is 0 Å². The molecule has 1 aromatic heterocycles. The van der Waals surface area contributed by atoms with Crippen molar-refractivity contribution in [2.24, 2.45) is 5.92 Å². The zero-order valence-corrected chi connectivity index (χ0v) is 16.2.